The van der Waals surface area contributed by atoms with Crippen LogP contribution < -0.4 is 5.32 Å². The molecule has 2 rings (SSSR count). The van der Waals surface area contributed by atoms with Crippen molar-refractivity contribution in [2.75, 3.05) is 0 Å². The van der Waals surface area contributed by atoms with Crippen LogP contribution in [0.2, 0.25) is 5.15 Å². The summed E-state index contributed by atoms with van der Waals surface area (Å²) in [4.78, 5) is 25.9. The van der Waals surface area contributed by atoms with Gasteiger partial charge in [0.15, 0.2) is 0 Å². The highest BCUT2D eigenvalue weighted by molar-refractivity contribution is 6.29. The number of nitrogens with one attached hydrogen (secondary N) is 1. The van der Waals surface area contributed by atoms with Crippen LogP contribution >= 0.6 is 11.6 Å². The number of aliphatic hydroxyl groups is 1. The predicted octanol–water partition coefficient (Wildman–Crippen LogP) is 1.68. The highest BCUT2D eigenvalue weighted by atomic mass is 35.5. The highest BCUT2D eigenvalue weighted by Gasteiger charge is 2.28. The molecule has 0 aromatic carbocycles. The summed E-state index contributed by atoms with van der Waals surface area (Å²) in [5.41, 5.74) is -0.551. The van der Waals surface area contributed by atoms with Gasteiger partial charge in [0.2, 0.25) is 0 Å². The molecule has 8 heteroatoms. The van der Waals surface area contributed by atoms with Gasteiger partial charge < -0.3 is 10.4 Å². The molecule has 1 aliphatic carbocycles. The van der Waals surface area contributed by atoms with E-state index in [1.54, 1.807) is 0 Å². The first kappa shape index (κ1) is 14.7. The summed E-state index contributed by atoms with van der Waals surface area (Å²) in [5.74, 6) is -0.619. The molecule has 7 nitrogen and oxygen atoms in total. The normalized spacial score (nSPS) is 22.3. The lowest BCUT2D eigenvalue weighted by molar-refractivity contribution is -0.385. The van der Waals surface area contributed by atoms with Crippen molar-refractivity contribution in [2.45, 2.75) is 37.8 Å². The van der Waals surface area contributed by atoms with E-state index in [4.69, 9.17) is 11.6 Å². The predicted molar refractivity (Wildman–Crippen MR) is 71.6 cm³/mol. The standard InChI is InChI=1S/C12H14ClN3O4/c13-11-5-7(9(6-14-11)16(19)20)12(18)15-8-3-1-2-4-10(8)17/h5-6,8,10,17H,1-4H2,(H,15,18)/t8-,10-/m1/s1. The maximum atomic E-state index is 12.1. The lowest BCUT2D eigenvalue weighted by Crippen LogP contribution is -2.45. The van der Waals surface area contributed by atoms with Gasteiger partial charge in [-0.3, -0.25) is 14.9 Å². The van der Waals surface area contributed by atoms with Crippen LogP contribution in [0.3, 0.4) is 0 Å². The van der Waals surface area contributed by atoms with Crippen molar-refractivity contribution in [3.05, 3.63) is 33.1 Å². The summed E-state index contributed by atoms with van der Waals surface area (Å²) >= 11 is 5.67. The smallest absolute Gasteiger partial charge is 0.300 e. The van der Waals surface area contributed by atoms with E-state index < -0.39 is 22.6 Å². The Morgan fingerprint density at radius 3 is 2.85 bits per heavy atom. The molecule has 0 aliphatic heterocycles. The molecule has 0 saturated heterocycles. The van der Waals surface area contributed by atoms with Crippen LogP contribution in [-0.2, 0) is 0 Å². The van der Waals surface area contributed by atoms with Gasteiger partial charge in [0.05, 0.1) is 17.1 Å². The van der Waals surface area contributed by atoms with Crippen LogP contribution in [0, 0.1) is 10.1 Å². The van der Waals surface area contributed by atoms with E-state index in [0.29, 0.717) is 12.8 Å². The Bertz CT molecular complexity index is 537. The molecule has 0 unspecified atom stereocenters. The topological polar surface area (TPSA) is 105 Å². The van der Waals surface area contributed by atoms with Crippen LogP contribution in [0.5, 0.6) is 0 Å². The molecule has 0 radical (unpaired) electrons. The monoisotopic (exact) mass is 299 g/mol. The average molecular weight is 300 g/mol. The largest absolute Gasteiger partial charge is 0.391 e. The molecule has 1 aromatic heterocycles. The molecule has 1 aromatic rings. The number of aliphatic hydroxyl groups excluding tert-OH is 1. The van der Waals surface area contributed by atoms with Crippen LogP contribution in [0.15, 0.2) is 12.3 Å². The molecule has 20 heavy (non-hydrogen) atoms. The van der Waals surface area contributed by atoms with E-state index in [-0.39, 0.29) is 16.8 Å². The van der Waals surface area contributed by atoms with Gasteiger partial charge in [-0.15, -0.1) is 0 Å². The summed E-state index contributed by atoms with van der Waals surface area (Å²) in [5, 5.41) is 23.3. The van der Waals surface area contributed by atoms with Crippen LogP contribution in [0.1, 0.15) is 36.0 Å². The van der Waals surface area contributed by atoms with Gasteiger partial charge in [0, 0.05) is 0 Å². The molecular weight excluding hydrogens is 286 g/mol. The lowest BCUT2D eigenvalue weighted by atomic mass is 9.92. The van der Waals surface area contributed by atoms with Crippen molar-refractivity contribution in [3.8, 4) is 0 Å². The molecule has 1 heterocycles. The van der Waals surface area contributed by atoms with Crippen LogP contribution in [0.25, 0.3) is 0 Å². The number of rotatable bonds is 3. The zero-order valence-electron chi connectivity index (χ0n) is 10.6. The van der Waals surface area contributed by atoms with Gasteiger partial charge in [0.1, 0.15) is 16.9 Å². The van der Waals surface area contributed by atoms with Gasteiger partial charge in [-0.05, 0) is 18.9 Å². The van der Waals surface area contributed by atoms with Crippen LogP contribution in [0.4, 0.5) is 5.69 Å². The summed E-state index contributed by atoms with van der Waals surface area (Å²) < 4.78 is 0. The van der Waals surface area contributed by atoms with Gasteiger partial charge in [-0.25, -0.2) is 4.98 Å². The second-order valence-electron chi connectivity index (χ2n) is 4.71. The molecule has 108 valence electrons. The number of carbonyl (C=O) groups is 1. The Morgan fingerprint density at radius 2 is 2.20 bits per heavy atom. The highest BCUT2D eigenvalue weighted by Crippen LogP contribution is 2.22. The van der Waals surface area contributed by atoms with Crippen molar-refractivity contribution >= 4 is 23.2 Å². The Labute approximate surface area is 120 Å². The summed E-state index contributed by atoms with van der Waals surface area (Å²) in [6, 6.07) is 0.771. The molecule has 1 saturated carbocycles. The average Bonchev–Trinajstić information content (AvgIpc) is 2.40. The van der Waals surface area contributed by atoms with E-state index in [9.17, 15) is 20.0 Å². The quantitative estimate of drug-likeness (QED) is 0.502. The number of nitrogens with zero attached hydrogens (tertiary/aromatic N) is 2. The van der Waals surface area contributed by atoms with Crippen molar-refractivity contribution < 1.29 is 14.8 Å². The zero-order valence-corrected chi connectivity index (χ0v) is 11.3. The molecule has 0 bridgehead atoms. The second-order valence-corrected chi connectivity index (χ2v) is 5.10. The molecular formula is C12H14ClN3O4. The first-order valence-corrected chi connectivity index (χ1v) is 6.65. The third kappa shape index (κ3) is 3.23. The number of hydrogen-bond donors (Lipinski definition) is 2. The molecule has 1 aliphatic rings. The van der Waals surface area contributed by atoms with E-state index in [1.165, 1.54) is 0 Å². The fourth-order valence-corrected chi connectivity index (χ4v) is 2.43. The lowest BCUT2D eigenvalue weighted by Gasteiger charge is -2.28. The Hall–Kier alpha value is -1.73. The molecule has 0 spiro atoms. The minimum Gasteiger partial charge on any atom is -0.391 e. The Balaban J connectivity index is 2.20. The van der Waals surface area contributed by atoms with E-state index in [2.05, 4.69) is 10.3 Å². The summed E-state index contributed by atoms with van der Waals surface area (Å²) in [6.07, 6.45) is 3.41. The maximum absolute atomic E-state index is 12.1. The van der Waals surface area contributed by atoms with Gasteiger partial charge in [-0.1, -0.05) is 24.4 Å². The van der Waals surface area contributed by atoms with Gasteiger partial charge in [-0.2, -0.15) is 0 Å². The molecule has 2 atom stereocenters. The first-order valence-electron chi connectivity index (χ1n) is 6.28. The van der Waals surface area contributed by atoms with Crippen molar-refractivity contribution in [3.63, 3.8) is 0 Å². The molecule has 1 fully saturated rings. The fourth-order valence-electron chi connectivity index (χ4n) is 2.28. The molecule has 1 amide bonds. The van der Waals surface area contributed by atoms with Gasteiger partial charge in [0.25, 0.3) is 11.6 Å². The van der Waals surface area contributed by atoms with Crippen molar-refractivity contribution in [1.82, 2.24) is 10.3 Å². The first-order chi connectivity index (χ1) is 9.49. The van der Waals surface area contributed by atoms with E-state index >= 15 is 0 Å². The summed E-state index contributed by atoms with van der Waals surface area (Å²) in [6.45, 7) is 0. The van der Waals surface area contributed by atoms with E-state index in [0.717, 1.165) is 25.1 Å². The number of halogens is 1. The van der Waals surface area contributed by atoms with E-state index in [1.807, 2.05) is 0 Å². The fraction of sp³-hybridized carbons (Fsp3) is 0.500. The van der Waals surface area contributed by atoms with Crippen LogP contribution in [-0.4, -0.2) is 33.1 Å². The van der Waals surface area contributed by atoms with Gasteiger partial charge >= 0.3 is 0 Å². The Kier molecular flexibility index (Phi) is 4.51. The second kappa shape index (κ2) is 6.15. The SMILES string of the molecule is O=C(N[C@@H]1CCCC[C@H]1O)c1cc(Cl)ncc1[N+](=O)[O-]. The minimum absolute atomic E-state index is 0.00458. The number of carbonyl (C=O) groups excluding carboxylic acids is 1. The number of aromatic nitrogens is 1. The number of amides is 1. The number of nitro groups is 1. The number of hydrogen-bond acceptors (Lipinski definition) is 5. The summed E-state index contributed by atoms with van der Waals surface area (Å²) in [7, 11) is 0. The minimum atomic E-state index is -0.685. The third-order valence-electron chi connectivity index (χ3n) is 3.34. The zero-order chi connectivity index (χ0) is 14.7. The van der Waals surface area contributed by atoms with Crippen molar-refractivity contribution in [2.24, 2.45) is 0 Å². The number of pyridine rings is 1. The molecule has 2 N–H and O–H groups in total. The third-order valence-corrected chi connectivity index (χ3v) is 3.54. The van der Waals surface area contributed by atoms with Crippen molar-refractivity contribution in [1.29, 1.82) is 0 Å². The maximum Gasteiger partial charge on any atom is 0.300 e. The Morgan fingerprint density at radius 1 is 1.50 bits per heavy atom.